The van der Waals surface area contributed by atoms with E-state index in [4.69, 9.17) is 14.5 Å². The van der Waals surface area contributed by atoms with Crippen molar-refractivity contribution >= 4 is 35.0 Å². The van der Waals surface area contributed by atoms with E-state index in [1.807, 2.05) is 42.5 Å². The molecule has 3 aromatic carbocycles. The zero-order valence-corrected chi connectivity index (χ0v) is 20.4. The normalized spacial score (nSPS) is 10.8. The van der Waals surface area contributed by atoms with Crippen molar-refractivity contribution in [2.45, 2.75) is 13.8 Å². The van der Waals surface area contributed by atoms with Crippen molar-refractivity contribution in [2.24, 2.45) is 0 Å². The molecule has 176 valence electrons. The average Bonchev–Trinajstić information content (AvgIpc) is 3.25. The molecule has 4 aromatic rings. The van der Waals surface area contributed by atoms with Crippen LogP contribution in [-0.2, 0) is 9.59 Å². The SMILES string of the molecule is COc1cc(/C=C/C(=O)Nc2ccc(-c3nc(-c4ccccc4)sc3C)cc2)ccc1OC(C)=O. The molecule has 7 heteroatoms. The first-order valence-electron chi connectivity index (χ1n) is 10.9. The second kappa shape index (κ2) is 10.8. The minimum absolute atomic E-state index is 0.267. The Morgan fingerprint density at radius 1 is 0.943 bits per heavy atom. The molecule has 4 rings (SSSR count). The van der Waals surface area contributed by atoms with Crippen molar-refractivity contribution in [1.82, 2.24) is 4.98 Å². The van der Waals surface area contributed by atoms with Crippen molar-refractivity contribution < 1.29 is 19.1 Å². The number of benzene rings is 3. The standard InChI is InChI=1S/C28H24N2O4S/c1-18-27(30-28(35-18)22-7-5-4-6-8-22)21-11-13-23(14-12-21)29-26(32)16-10-20-9-15-24(34-19(2)31)25(17-20)33-3/h4-17H,1-3H3,(H,29,32)/b16-10+. The minimum atomic E-state index is -0.432. The number of hydrogen-bond donors (Lipinski definition) is 1. The van der Waals surface area contributed by atoms with Crippen molar-refractivity contribution in [1.29, 1.82) is 0 Å². The molecule has 0 fully saturated rings. The molecule has 0 spiro atoms. The van der Waals surface area contributed by atoms with Gasteiger partial charge in [-0.3, -0.25) is 9.59 Å². The molecule has 35 heavy (non-hydrogen) atoms. The first kappa shape index (κ1) is 23.9. The molecule has 0 aliphatic carbocycles. The molecular weight excluding hydrogens is 460 g/mol. The number of rotatable bonds is 7. The van der Waals surface area contributed by atoms with Crippen molar-refractivity contribution in [2.75, 3.05) is 12.4 Å². The number of nitrogens with one attached hydrogen (secondary N) is 1. The fourth-order valence-electron chi connectivity index (χ4n) is 3.46. The molecule has 1 amide bonds. The first-order chi connectivity index (χ1) is 16.9. The second-order valence-electron chi connectivity index (χ2n) is 7.69. The highest BCUT2D eigenvalue weighted by molar-refractivity contribution is 7.15. The number of methoxy groups -OCH3 is 1. The zero-order valence-electron chi connectivity index (χ0n) is 19.6. The fraction of sp³-hybridized carbons (Fsp3) is 0.107. The maximum atomic E-state index is 12.4. The van der Waals surface area contributed by atoms with E-state index < -0.39 is 5.97 Å². The zero-order chi connectivity index (χ0) is 24.8. The van der Waals surface area contributed by atoms with Gasteiger partial charge in [-0.25, -0.2) is 4.98 Å². The van der Waals surface area contributed by atoms with Crippen LogP contribution in [0.1, 0.15) is 17.4 Å². The summed E-state index contributed by atoms with van der Waals surface area (Å²) in [7, 11) is 1.49. The molecule has 1 heterocycles. The number of esters is 1. The highest BCUT2D eigenvalue weighted by Gasteiger charge is 2.12. The lowest BCUT2D eigenvalue weighted by molar-refractivity contribution is -0.132. The number of carbonyl (C=O) groups is 2. The summed E-state index contributed by atoms with van der Waals surface area (Å²) in [6.45, 7) is 3.39. The first-order valence-corrected chi connectivity index (χ1v) is 11.7. The molecular formula is C28H24N2O4S. The van der Waals surface area contributed by atoms with E-state index in [0.29, 0.717) is 17.2 Å². The number of anilines is 1. The number of aromatic nitrogens is 1. The van der Waals surface area contributed by atoms with Gasteiger partial charge >= 0.3 is 5.97 Å². The monoisotopic (exact) mass is 484 g/mol. The molecule has 1 aromatic heterocycles. The Labute approximate surface area is 207 Å². The Hall–Kier alpha value is -4.23. The molecule has 6 nitrogen and oxygen atoms in total. The smallest absolute Gasteiger partial charge is 0.308 e. The summed E-state index contributed by atoms with van der Waals surface area (Å²) in [5.41, 5.74) is 4.45. The van der Waals surface area contributed by atoms with E-state index in [0.717, 1.165) is 32.3 Å². The summed E-state index contributed by atoms with van der Waals surface area (Å²) in [6, 6.07) is 22.8. The van der Waals surface area contributed by atoms with Crippen LogP contribution < -0.4 is 14.8 Å². The van der Waals surface area contributed by atoms with Gasteiger partial charge < -0.3 is 14.8 Å². The van der Waals surface area contributed by atoms with Crippen LogP contribution in [0.15, 0.2) is 78.9 Å². The van der Waals surface area contributed by atoms with Gasteiger partial charge in [0.05, 0.1) is 12.8 Å². The van der Waals surface area contributed by atoms with Gasteiger partial charge in [0.15, 0.2) is 11.5 Å². The van der Waals surface area contributed by atoms with E-state index in [1.165, 1.54) is 20.1 Å². The van der Waals surface area contributed by atoms with Gasteiger partial charge in [-0.2, -0.15) is 0 Å². The van der Waals surface area contributed by atoms with E-state index in [1.54, 1.807) is 35.6 Å². The minimum Gasteiger partial charge on any atom is -0.493 e. The van der Waals surface area contributed by atoms with E-state index >= 15 is 0 Å². The third-order valence-electron chi connectivity index (χ3n) is 5.11. The lowest BCUT2D eigenvalue weighted by atomic mass is 10.1. The van der Waals surface area contributed by atoms with Gasteiger partial charge in [0.1, 0.15) is 5.01 Å². The molecule has 0 atom stereocenters. The van der Waals surface area contributed by atoms with E-state index in [9.17, 15) is 9.59 Å². The van der Waals surface area contributed by atoms with Gasteiger partial charge in [-0.15, -0.1) is 11.3 Å². The molecule has 0 aliphatic heterocycles. The summed E-state index contributed by atoms with van der Waals surface area (Å²) in [5, 5.41) is 3.84. The lowest BCUT2D eigenvalue weighted by Crippen LogP contribution is -2.07. The largest absolute Gasteiger partial charge is 0.493 e. The molecule has 0 saturated heterocycles. The number of thiazole rings is 1. The van der Waals surface area contributed by atoms with Crippen molar-refractivity contribution in [3.63, 3.8) is 0 Å². The summed E-state index contributed by atoms with van der Waals surface area (Å²) < 4.78 is 10.4. The van der Waals surface area contributed by atoms with Gasteiger partial charge in [0.25, 0.3) is 0 Å². The number of amides is 1. The van der Waals surface area contributed by atoms with Crippen molar-refractivity contribution in [3.8, 4) is 33.3 Å². The van der Waals surface area contributed by atoms with Crippen LogP contribution in [0.5, 0.6) is 11.5 Å². The van der Waals surface area contributed by atoms with Gasteiger partial charge in [0.2, 0.25) is 5.91 Å². The predicted molar refractivity (Wildman–Crippen MR) is 140 cm³/mol. The highest BCUT2D eigenvalue weighted by atomic mass is 32.1. The maximum absolute atomic E-state index is 12.4. The van der Waals surface area contributed by atoms with Crippen LogP contribution in [0.2, 0.25) is 0 Å². The summed E-state index contributed by atoms with van der Waals surface area (Å²) in [4.78, 5) is 29.6. The topological polar surface area (TPSA) is 77.5 Å². The van der Waals surface area contributed by atoms with Gasteiger partial charge in [0, 0.05) is 34.7 Å². The number of nitrogens with zero attached hydrogens (tertiary/aromatic N) is 1. The molecule has 0 bridgehead atoms. The average molecular weight is 485 g/mol. The summed E-state index contributed by atoms with van der Waals surface area (Å²) in [6.07, 6.45) is 3.10. The Morgan fingerprint density at radius 2 is 1.69 bits per heavy atom. The number of hydrogen-bond acceptors (Lipinski definition) is 6. The summed E-state index contributed by atoms with van der Waals surface area (Å²) >= 11 is 1.66. The van der Waals surface area contributed by atoms with E-state index in [-0.39, 0.29) is 5.91 Å². The Bertz CT molecular complexity index is 1380. The Balaban J connectivity index is 1.42. The number of aryl methyl sites for hydroxylation is 1. The number of carbonyl (C=O) groups excluding carboxylic acids is 2. The molecule has 1 N–H and O–H groups in total. The van der Waals surface area contributed by atoms with Crippen LogP contribution in [0.25, 0.3) is 27.9 Å². The quantitative estimate of drug-likeness (QED) is 0.187. The van der Waals surface area contributed by atoms with Gasteiger partial charge in [-0.1, -0.05) is 48.5 Å². The third-order valence-corrected chi connectivity index (χ3v) is 6.13. The van der Waals surface area contributed by atoms with Crippen LogP contribution in [0, 0.1) is 6.92 Å². The van der Waals surface area contributed by atoms with E-state index in [2.05, 4.69) is 24.4 Å². The van der Waals surface area contributed by atoms with Crippen LogP contribution >= 0.6 is 11.3 Å². The molecule has 0 unspecified atom stereocenters. The Morgan fingerprint density at radius 3 is 2.37 bits per heavy atom. The predicted octanol–water partition coefficient (Wildman–Crippen LogP) is 6.37. The third kappa shape index (κ3) is 6.02. The Kier molecular flexibility index (Phi) is 7.38. The van der Waals surface area contributed by atoms with Crippen LogP contribution in [-0.4, -0.2) is 24.0 Å². The number of ether oxygens (including phenoxy) is 2. The van der Waals surface area contributed by atoms with Gasteiger partial charge in [-0.05, 0) is 42.8 Å². The molecule has 0 radical (unpaired) electrons. The van der Waals surface area contributed by atoms with Crippen molar-refractivity contribution in [3.05, 3.63) is 89.3 Å². The maximum Gasteiger partial charge on any atom is 0.308 e. The van der Waals surface area contributed by atoms with Crippen LogP contribution in [0.4, 0.5) is 5.69 Å². The molecule has 0 aliphatic rings. The fourth-order valence-corrected chi connectivity index (χ4v) is 4.40. The molecule has 0 saturated carbocycles. The van der Waals surface area contributed by atoms with Crippen LogP contribution in [0.3, 0.4) is 0 Å². The highest BCUT2D eigenvalue weighted by Crippen LogP contribution is 2.33. The lowest BCUT2D eigenvalue weighted by Gasteiger charge is -2.08. The summed E-state index contributed by atoms with van der Waals surface area (Å²) in [5.74, 6) is 0.0366. The second-order valence-corrected chi connectivity index (χ2v) is 8.90.